The molecule has 0 aliphatic heterocycles. The molecule has 0 spiro atoms. The summed E-state index contributed by atoms with van der Waals surface area (Å²) in [7, 11) is 1.61. The number of hydrogen-bond acceptors (Lipinski definition) is 6. The van der Waals surface area contributed by atoms with E-state index in [1.165, 1.54) is 21.3 Å². The van der Waals surface area contributed by atoms with Crippen molar-refractivity contribution in [2.45, 2.75) is 32.9 Å². The Balaban J connectivity index is 1.73. The number of aromatic amines is 1. The Bertz CT molecular complexity index is 1250. The van der Waals surface area contributed by atoms with Gasteiger partial charge in [0.15, 0.2) is 17.8 Å². The van der Waals surface area contributed by atoms with E-state index >= 15 is 0 Å². The number of aryl methyl sites for hydroxylation is 2. The zero-order valence-corrected chi connectivity index (χ0v) is 19.0. The van der Waals surface area contributed by atoms with E-state index in [0.717, 1.165) is 12.8 Å². The molecule has 166 valence electrons. The number of H-pyrrole nitrogens is 1. The molecule has 9 nitrogen and oxygen atoms in total. The van der Waals surface area contributed by atoms with Gasteiger partial charge < -0.3 is 14.0 Å². The first kappa shape index (κ1) is 23.2. The SMILES string of the molecule is CCCCn1c(=O)[nH]c(=O)c2c1nc(COC(=O)COc1cc(Cl)c(Cl)cc1Cl)n2C. The summed E-state index contributed by atoms with van der Waals surface area (Å²) in [6, 6.07) is 2.80. The van der Waals surface area contributed by atoms with Gasteiger partial charge in [0.05, 0.1) is 15.1 Å². The van der Waals surface area contributed by atoms with Crippen LogP contribution in [0.1, 0.15) is 25.6 Å². The number of ether oxygens (including phenoxy) is 2. The molecule has 2 aromatic heterocycles. The highest BCUT2D eigenvalue weighted by atomic mass is 35.5. The number of carbonyl (C=O) groups excluding carboxylic acids is 1. The molecule has 3 aromatic rings. The topological polar surface area (TPSA) is 108 Å². The van der Waals surface area contributed by atoms with Gasteiger partial charge in [0.2, 0.25) is 0 Å². The van der Waals surface area contributed by atoms with Crippen LogP contribution < -0.4 is 16.0 Å². The van der Waals surface area contributed by atoms with Gasteiger partial charge in [0.25, 0.3) is 5.56 Å². The molecule has 0 saturated carbocycles. The van der Waals surface area contributed by atoms with Crippen LogP contribution in [0.25, 0.3) is 11.2 Å². The van der Waals surface area contributed by atoms with Crippen molar-refractivity contribution >= 4 is 51.9 Å². The second-order valence-corrected chi connectivity index (χ2v) is 7.89. The van der Waals surface area contributed by atoms with Crippen molar-refractivity contribution in [3.05, 3.63) is 53.9 Å². The average molecular weight is 490 g/mol. The lowest BCUT2D eigenvalue weighted by Crippen LogP contribution is -2.31. The third-order valence-corrected chi connectivity index (χ3v) is 5.54. The van der Waals surface area contributed by atoms with Gasteiger partial charge in [-0.05, 0) is 12.5 Å². The van der Waals surface area contributed by atoms with E-state index < -0.39 is 23.8 Å². The molecule has 0 fully saturated rings. The van der Waals surface area contributed by atoms with Crippen LogP contribution in [-0.2, 0) is 29.7 Å². The number of carbonyl (C=O) groups is 1. The predicted octanol–water partition coefficient (Wildman–Crippen LogP) is 3.31. The molecule has 12 heteroatoms. The summed E-state index contributed by atoms with van der Waals surface area (Å²) in [5.41, 5.74) is -0.618. The molecule has 0 saturated heterocycles. The van der Waals surface area contributed by atoms with Crippen molar-refractivity contribution in [3.63, 3.8) is 0 Å². The Kier molecular flexibility index (Phi) is 7.30. The first-order valence-electron chi connectivity index (χ1n) is 9.34. The van der Waals surface area contributed by atoms with Crippen molar-refractivity contribution in [2.75, 3.05) is 6.61 Å². The van der Waals surface area contributed by atoms with Crippen LogP contribution in [0.3, 0.4) is 0 Å². The lowest BCUT2D eigenvalue weighted by Gasteiger charge is -2.09. The van der Waals surface area contributed by atoms with Gasteiger partial charge in [-0.3, -0.25) is 14.3 Å². The number of nitrogens with one attached hydrogen (secondary N) is 1. The van der Waals surface area contributed by atoms with E-state index in [2.05, 4.69) is 9.97 Å². The zero-order chi connectivity index (χ0) is 22.7. The monoisotopic (exact) mass is 488 g/mol. The van der Waals surface area contributed by atoms with Crippen LogP contribution >= 0.6 is 34.8 Å². The van der Waals surface area contributed by atoms with E-state index in [1.54, 1.807) is 7.05 Å². The molecule has 0 aliphatic rings. The van der Waals surface area contributed by atoms with Crippen LogP contribution in [0.5, 0.6) is 5.75 Å². The minimum absolute atomic E-state index is 0.183. The highest BCUT2D eigenvalue weighted by Gasteiger charge is 2.18. The summed E-state index contributed by atoms with van der Waals surface area (Å²) in [4.78, 5) is 43.2. The largest absolute Gasteiger partial charge is 0.480 e. The number of aromatic nitrogens is 4. The Morgan fingerprint density at radius 2 is 1.87 bits per heavy atom. The Hall–Kier alpha value is -2.49. The molecule has 0 aliphatic carbocycles. The van der Waals surface area contributed by atoms with Crippen molar-refractivity contribution < 1.29 is 14.3 Å². The van der Waals surface area contributed by atoms with Gasteiger partial charge in [0, 0.05) is 19.7 Å². The fraction of sp³-hybridized carbons (Fsp3) is 0.368. The van der Waals surface area contributed by atoms with Crippen LogP contribution in [0.2, 0.25) is 15.1 Å². The third kappa shape index (κ3) is 5.06. The van der Waals surface area contributed by atoms with Gasteiger partial charge in [-0.25, -0.2) is 14.6 Å². The van der Waals surface area contributed by atoms with Crippen LogP contribution in [-0.4, -0.2) is 31.7 Å². The first-order chi connectivity index (χ1) is 14.7. The Morgan fingerprint density at radius 3 is 2.58 bits per heavy atom. The molecule has 0 amide bonds. The summed E-state index contributed by atoms with van der Waals surface area (Å²) in [5.74, 6) is -0.203. The highest BCUT2D eigenvalue weighted by Crippen LogP contribution is 2.33. The third-order valence-electron chi connectivity index (χ3n) is 4.52. The lowest BCUT2D eigenvalue weighted by molar-refractivity contribution is -0.147. The Labute approximate surface area is 191 Å². The molecule has 3 rings (SSSR count). The van der Waals surface area contributed by atoms with E-state index in [0.29, 0.717) is 12.4 Å². The number of esters is 1. The average Bonchev–Trinajstić information content (AvgIpc) is 3.04. The molecular weight excluding hydrogens is 471 g/mol. The number of benzene rings is 1. The Morgan fingerprint density at radius 1 is 1.16 bits per heavy atom. The number of nitrogens with zero attached hydrogens (tertiary/aromatic N) is 3. The normalized spacial score (nSPS) is 11.1. The minimum Gasteiger partial charge on any atom is -0.480 e. The van der Waals surface area contributed by atoms with Gasteiger partial charge in [-0.1, -0.05) is 48.1 Å². The fourth-order valence-corrected chi connectivity index (χ4v) is 3.47. The van der Waals surface area contributed by atoms with E-state index in [1.807, 2.05) is 6.92 Å². The summed E-state index contributed by atoms with van der Waals surface area (Å²) in [6.07, 6.45) is 1.61. The molecule has 2 heterocycles. The summed E-state index contributed by atoms with van der Waals surface area (Å²) in [6.45, 7) is 1.76. The number of unbranched alkanes of at least 4 members (excludes halogenated alkanes) is 1. The second-order valence-electron chi connectivity index (χ2n) is 6.67. The quantitative estimate of drug-likeness (QED) is 0.384. The van der Waals surface area contributed by atoms with E-state index in [9.17, 15) is 14.4 Å². The minimum atomic E-state index is -0.688. The van der Waals surface area contributed by atoms with E-state index in [4.69, 9.17) is 44.3 Å². The van der Waals surface area contributed by atoms with Gasteiger partial charge in [-0.2, -0.15) is 0 Å². The van der Waals surface area contributed by atoms with Crippen LogP contribution in [0, 0.1) is 0 Å². The van der Waals surface area contributed by atoms with Gasteiger partial charge in [-0.15, -0.1) is 0 Å². The summed E-state index contributed by atoms with van der Waals surface area (Å²) >= 11 is 17.8. The molecular formula is C19H19Cl3N4O5. The van der Waals surface area contributed by atoms with Crippen LogP contribution in [0.4, 0.5) is 0 Å². The lowest BCUT2D eigenvalue weighted by atomic mass is 10.3. The summed E-state index contributed by atoms with van der Waals surface area (Å²) < 4.78 is 13.4. The predicted molar refractivity (Wildman–Crippen MR) is 117 cm³/mol. The molecule has 1 aromatic carbocycles. The van der Waals surface area contributed by atoms with Crippen molar-refractivity contribution in [1.29, 1.82) is 0 Å². The maximum atomic E-state index is 12.3. The second kappa shape index (κ2) is 9.76. The highest BCUT2D eigenvalue weighted by molar-refractivity contribution is 6.43. The smallest absolute Gasteiger partial charge is 0.344 e. The molecule has 1 N–H and O–H groups in total. The number of hydrogen-bond donors (Lipinski definition) is 1. The maximum Gasteiger partial charge on any atom is 0.344 e. The first-order valence-corrected chi connectivity index (χ1v) is 10.5. The van der Waals surface area contributed by atoms with Crippen molar-refractivity contribution in [3.8, 4) is 5.75 Å². The fourth-order valence-electron chi connectivity index (χ4n) is 2.88. The number of rotatable bonds is 8. The van der Waals surface area contributed by atoms with Crippen molar-refractivity contribution in [1.82, 2.24) is 19.1 Å². The zero-order valence-electron chi connectivity index (χ0n) is 16.7. The maximum absolute atomic E-state index is 12.3. The number of imidazole rings is 1. The molecule has 0 bridgehead atoms. The number of fused-ring (bicyclic) bond motifs is 1. The van der Waals surface area contributed by atoms with E-state index in [-0.39, 0.29) is 38.6 Å². The number of halogens is 3. The molecule has 0 unspecified atom stereocenters. The summed E-state index contributed by atoms with van der Waals surface area (Å²) in [5, 5.41) is 0.686. The van der Waals surface area contributed by atoms with Gasteiger partial charge in [0.1, 0.15) is 18.2 Å². The standard InChI is InChI=1S/C19H19Cl3N4O5/c1-3-4-5-26-17-16(18(28)24-19(26)29)25(2)14(23-17)8-31-15(27)9-30-13-7-11(21)10(20)6-12(13)22/h6-7H,3-5,8-9H2,1-2H3,(H,24,28,29). The van der Waals surface area contributed by atoms with Crippen molar-refractivity contribution in [2.24, 2.45) is 7.05 Å². The molecule has 0 radical (unpaired) electrons. The molecule has 31 heavy (non-hydrogen) atoms. The van der Waals surface area contributed by atoms with Crippen LogP contribution in [0.15, 0.2) is 21.7 Å². The van der Waals surface area contributed by atoms with Gasteiger partial charge >= 0.3 is 11.7 Å². The molecule has 0 atom stereocenters.